The second kappa shape index (κ2) is 7.61. The van der Waals surface area contributed by atoms with Crippen LogP contribution in [0.5, 0.6) is 0 Å². The van der Waals surface area contributed by atoms with Gasteiger partial charge >= 0.3 is 5.97 Å². The van der Waals surface area contributed by atoms with E-state index in [2.05, 4.69) is 20.8 Å². The molecule has 0 saturated carbocycles. The molecule has 5 heteroatoms. The lowest BCUT2D eigenvalue weighted by Gasteiger charge is -2.34. The second-order valence-electron chi connectivity index (χ2n) is 5.02. The van der Waals surface area contributed by atoms with Gasteiger partial charge < -0.3 is 14.7 Å². The number of piperidine rings is 1. The van der Waals surface area contributed by atoms with Gasteiger partial charge in [0.1, 0.15) is 0 Å². The Kier molecular flexibility index (Phi) is 5.82. The normalized spacial score (nSPS) is 16.6. The Bertz CT molecular complexity index is 522. The topological polar surface area (TPSA) is 49.8 Å². The fourth-order valence-corrected chi connectivity index (χ4v) is 2.94. The van der Waals surface area contributed by atoms with Crippen LogP contribution in [0.25, 0.3) is 6.08 Å². The van der Waals surface area contributed by atoms with Crippen LogP contribution in [-0.2, 0) is 9.53 Å². The SMILES string of the molecule is CCOC1CCN(c2cc(Br)ccc2C=CC(=O)O)CC1. The molecule has 0 bridgehead atoms. The Morgan fingerprint density at radius 2 is 2.19 bits per heavy atom. The average molecular weight is 354 g/mol. The molecule has 1 aromatic rings. The Morgan fingerprint density at radius 3 is 2.81 bits per heavy atom. The molecule has 0 aliphatic carbocycles. The molecule has 0 spiro atoms. The van der Waals surface area contributed by atoms with E-state index in [4.69, 9.17) is 9.84 Å². The van der Waals surface area contributed by atoms with Gasteiger partial charge in [0.25, 0.3) is 0 Å². The van der Waals surface area contributed by atoms with Crippen molar-refractivity contribution in [2.24, 2.45) is 0 Å². The summed E-state index contributed by atoms with van der Waals surface area (Å²) in [4.78, 5) is 13.0. The lowest BCUT2D eigenvalue weighted by molar-refractivity contribution is -0.131. The highest BCUT2D eigenvalue weighted by molar-refractivity contribution is 9.10. The quantitative estimate of drug-likeness (QED) is 0.822. The maximum Gasteiger partial charge on any atom is 0.328 e. The van der Waals surface area contributed by atoms with Gasteiger partial charge in [0.15, 0.2) is 0 Å². The molecular formula is C16H20BrNO3. The maximum absolute atomic E-state index is 10.7. The van der Waals surface area contributed by atoms with Crippen molar-refractivity contribution in [3.8, 4) is 0 Å². The maximum atomic E-state index is 10.7. The first-order chi connectivity index (χ1) is 10.1. The second-order valence-corrected chi connectivity index (χ2v) is 5.93. The number of hydrogen-bond donors (Lipinski definition) is 1. The van der Waals surface area contributed by atoms with E-state index in [0.717, 1.165) is 48.3 Å². The molecule has 1 heterocycles. The van der Waals surface area contributed by atoms with Gasteiger partial charge in [-0.3, -0.25) is 0 Å². The van der Waals surface area contributed by atoms with Gasteiger partial charge in [0, 0.05) is 35.9 Å². The molecule has 0 aromatic heterocycles. The molecule has 114 valence electrons. The van der Waals surface area contributed by atoms with E-state index >= 15 is 0 Å². The first kappa shape index (κ1) is 16.0. The Morgan fingerprint density at radius 1 is 1.48 bits per heavy atom. The summed E-state index contributed by atoms with van der Waals surface area (Å²) in [6, 6.07) is 5.91. The summed E-state index contributed by atoms with van der Waals surface area (Å²) in [5.74, 6) is -0.932. The number of carboxylic acid groups (broad SMARTS) is 1. The highest BCUT2D eigenvalue weighted by Crippen LogP contribution is 2.29. The van der Waals surface area contributed by atoms with Gasteiger partial charge in [0.2, 0.25) is 0 Å². The van der Waals surface area contributed by atoms with Crippen molar-refractivity contribution in [1.82, 2.24) is 0 Å². The number of ether oxygens (including phenoxy) is 1. The summed E-state index contributed by atoms with van der Waals surface area (Å²) in [6.07, 6.45) is 5.18. The Hall–Kier alpha value is -1.33. The average Bonchev–Trinajstić information content (AvgIpc) is 2.47. The van der Waals surface area contributed by atoms with Crippen LogP contribution in [0.2, 0.25) is 0 Å². The molecule has 1 N–H and O–H groups in total. The van der Waals surface area contributed by atoms with Crippen LogP contribution in [0, 0.1) is 0 Å². The molecule has 0 unspecified atom stereocenters. The summed E-state index contributed by atoms with van der Waals surface area (Å²) < 4.78 is 6.67. The Labute approximate surface area is 133 Å². The van der Waals surface area contributed by atoms with E-state index in [1.54, 1.807) is 6.08 Å². The number of benzene rings is 1. The van der Waals surface area contributed by atoms with E-state index in [-0.39, 0.29) is 0 Å². The summed E-state index contributed by atoms with van der Waals surface area (Å²) in [5, 5.41) is 8.80. The van der Waals surface area contributed by atoms with Crippen LogP contribution in [-0.4, -0.2) is 36.9 Å². The standard InChI is InChI=1S/C16H20BrNO3/c1-2-21-14-7-9-18(10-8-14)15-11-13(17)5-3-12(15)4-6-16(19)20/h3-6,11,14H,2,7-10H2,1H3,(H,19,20). The minimum absolute atomic E-state index is 0.344. The first-order valence-electron chi connectivity index (χ1n) is 7.17. The van der Waals surface area contributed by atoms with Crippen LogP contribution in [0.1, 0.15) is 25.3 Å². The number of aliphatic carboxylic acids is 1. The zero-order valence-electron chi connectivity index (χ0n) is 12.1. The van der Waals surface area contributed by atoms with Crippen LogP contribution in [0.3, 0.4) is 0 Å². The molecule has 4 nitrogen and oxygen atoms in total. The van der Waals surface area contributed by atoms with Gasteiger partial charge in [-0.2, -0.15) is 0 Å². The molecule has 0 radical (unpaired) electrons. The molecule has 1 fully saturated rings. The van der Waals surface area contributed by atoms with Crippen molar-refractivity contribution in [2.75, 3.05) is 24.6 Å². The minimum Gasteiger partial charge on any atom is -0.478 e. The van der Waals surface area contributed by atoms with E-state index in [1.165, 1.54) is 6.08 Å². The van der Waals surface area contributed by atoms with E-state index in [0.29, 0.717) is 6.10 Å². The van der Waals surface area contributed by atoms with Crippen LogP contribution >= 0.6 is 15.9 Å². The van der Waals surface area contributed by atoms with E-state index in [9.17, 15) is 4.79 Å². The van der Waals surface area contributed by atoms with Crippen molar-refractivity contribution >= 4 is 33.7 Å². The van der Waals surface area contributed by atoms with Crippen molar-refractivity contribution in [2.45, 2.75) is 25.9 Å². The number of carboxylic acids is 1. The monoisotopic (exact) mass is 353 g/mol. The number of carbonyl (C=O) groups is 1. The van der Waals surface area contributed by atoms with Crippen LogP contribution in [0.4, 0.5) is 5.69 Å². The summed E-state index contributed by atoms with van der Waals surface area (Å²) in [5.41, 5.74) is 1.99. The van der Waals surface area contributed by atoms with E-state index < -0.39 is 5.97 Å². The summed E-state index contributed by atoms with van der Waals surface area (Å²) in [7, 11) is 0. The molecular weight excluding hydrogens is 334 g/mol. The largest absolute Gasteiger partial charge is 0.478 e. The van der Waals surface area contributed by atoms with Gasteiger partial charge in [-0.1, -0.05) is 22.0 Å². The molecule has 2 rings (SSSR count). The number of hydrogen-bond acceptors (Lipinski definition) is 3. The van der Waals surface area contributed by atoms with Crippen LogP contribution in [0.15, 0.2) is 28.7 Å². The number of rotatable bonds is 5. The van der Waals surface area contributed by atoms with Crippen molar-refractivity contribution in [1.29, 1.82) is 0 Å². The predicted octanol–water partition coefficient (Wildman–Crippen LogP) is 3.55. The Balaban J connectivity index is 2.15. The molecule has 0 atom stereocenters. The van der Waals surface area contributed by atoms with Crippen molar-refractivity contribution in [3.63, 3.8) is 0 Å². The predicted molar refractivity (Wildman–Crippen MR) is 87.7 cm³/mol. The zero-order valence-corrected chi connectivity index (χ0v) is 13.7. The lowest BCUT2D eigenvalue weighted by Crippen LogP contribution is -2.37. The van der Waals surface area contributed by atoms with Gasteiger partial charge in [0.05, 0.1) is 6.10 Å². The number of anilines is 1. The summed E-state index contributed by atoms with van der Waals surface area (Å²) >= 11 is 3.49. The number of nitrogens with zero attached hydrogens (tertiary/aromatic N) is 1. The zero-order chi connectivity index (χ0) is 15.2. The molecule has 1 saturated heterocycles. The highest BCUT2D eigenvalue weighted by atomic mass is 79.9. The lowest BCUT2D eigenvalue weighted by atomic mass is 10.0. The van der Waals surface area contributed by atoms with Gasteiger partial charge in [-0.05, 0) is 43.5 Å². The molecule has 1 aliphatic heterocycles. The minimum atomic E-state index is -0.932. The number of halogens is 1. The van der Waals surface area contributed by atoms with Gasteiger partial charge in [-0.25, -0.2) is 4.79 Å². The van der Waals surface area contributed by atoms with E-state index in [1.807, 2.05) is 25.1 Å². The molecule has 1 aliphatic rings. The van der Waals surface area contributed by atoms with Crippen molar-refractivity contribution in [3.05, 3.63) is 34.3 Å². The fourth-order valence-electron chi connectivity index (χ4n) is 2.59. The van der Waals surface area contributed by atoms with Crippen molar-refractivity contribution < 1.29 is 14.6 Å². The molecule has 1 aromatic carbocycles. The summed E-state index contributed by atoms with van der Waals surface area (Å²) in [6.45, 7) is 4.63. The third-order valence-corrected chi connectivity index (χ3v) is 4.08. The third kappa shape index (κ3) is 4.58. The molecule has 0 amide bonds. The smallest absolute Gasteiger partial charge is 0.328 e. The third-order valence-electron chi connectivity index (χ3n) is 3.58. The highest BCUT2D eigenvalue weighted by Gasteiger charge is 2.20. The van der Waals surface area contributed by atoms with Crippen LogP contribution < -0.4 is 4.90 Å². The fraction of sp³-hybridized carbons (Fsp3) is 0.438. The molecule has 21 heavy (non-hydrogen) atoms. The van der Waals surface area contributed by atoms with Gasteiger partial charge in [-0.15, -0.1) is 0 Å². The first-order valence-corrected chi connectivity index (χ1v) is 7.96.